The van der Waals surface area contributed by atoms with Crippen molar-refractivity contribution in [2.45, 2.75) is 6.61 Å². The Morgan fingerprint density at radius 3 is 2.67 bits per heavy atom. The van der Waals surface area contributed by atoms with Crippen LogP contribution in [0.5, 0.6) is 5.75 Å². The predicted molar refractivity (Wildman–Crippen MR) is 80.6 cm³/mol. The van der Waals surface area contributed by atoms with Crippen LogP contribution in [0.2, 0.25) is 0 Å². The quantitative estimate of drug-likeness (QED) is 0.675. The molecule has 1 aromatic heterocycles. The summed E-state index contributed by atoms with van der Waals surface area (Å²) in [5.74, 6) is 0.725. The van der Waals surface area contributed by atoms with Gasteiger partial charge in [0.15, 0.2) is 6.29 Å². The van der Waals surface area contributed by atoms with Crippen molar-refractivity contribution in [1.82, 2.24) is 4.73 Å². The fourth-order valence-electron chi connectivity index (χ4n) is 2.28. The molecule has 0 amide bonds. The minimum Gasteiger partial charge on any atom is -0.489 e. The molecule has 0 spiro atoms. The molecule has 0 fully saturated rings. The molecule has 0 aliphatic carbocycles. The van der Waals surface area contributed by atoms with Crippen molar-refractivity contribution in [2.24, 2.45) is 0 Å². The first-order valence-corrected chi connectivity index (χ1v) is 6.63. The molecule has 0 unspecified atom stereocenters. The summed E-state index contributed by atoms with van der Waals surface area (Å²) in [7, 11) is 1.56. The zero-order valence-electron chi connectivity index (χ0n) is 11.7. The van der Waals surface area contributed by atoms with E-state index in [9.17, 15) is 4.79 Å². The number of ether oxygens (including phenoxy) is 1. The van der Waals surface area contributed by atoms with Gasteiger partial charge in [0.1, 0.15) is 19.5 Å². The van der Waals surface area contributed by atoms with E-state index in [0.29, 0.717) is 12.2 Å². The molecule has 4 heteroatoms. The number of benzene rings is 2. The number of aldehydes is 1. The lowest BCUT2D eigenvalue weighted by Gasteiger charge is -2.07. The summed E-state index contributed by atoms with van der Waals surface area (Å²) in [6.07, 6.45) is 2.48. The molecule has 3 rings (SSSR count). The molecular weight excluding hydrogens is 266 g/mol. The van der Waals surface area contributed by atoms with E-state index < -0.39 is 0 Å². The highest BCUT2D eigenvalue weighted by Gasteiger charge is 2.09. The number of nitrogens with zero attached hydrogens (tertiary/aromatic N) is 1. The zero-order chi connectivity index (χ0) is 14.7. The number of rotatable bonds is 5. The first-order chi connectivity index (χ1) is 10.3. The number of hydrogen-bond donors (Lipinski definition) is 0. The Balaban J connectivity index is 1.88. The first kappa shape index (κ1) is 13.2. The Bertz CT molecular complexity index is 762. The predicted octanol–water partition coefficient (Wildman–Crippen LogP) is 3.09. The van der Waals surface area contributed by atoms with Crippen molar-refractivity contribution >= 4 is 17.2 Å². The number of carbonyl (C=O) groups is 1. The summed E-state index contributed by atoms with van der Waals surface area (Å²) in [5, 5.41) is 0.817. The van der Waals surface area contributed by atoms with Gasteiger partial charge in [0.2, 0.25) is 0 Å². The Kier molecular flexibility index (Phi) is 3.60. The number of aromatic nitrogens is 1. The molecular formula is C17H15NO3. The van der Waals surface area contributed by atoms with Gasteiger partial charge in [-0.3, -0.25) is 4.79 Å². The summed E-state index contributed by atoms with van der Waals surface area (Å²) in [6, 6.07) is 15.6. The molecule has 0 radical (unpaired) electrons. The fraction of sp³-hybridized carbons (Fsp3) is 0.118. The normalized spacial score (nSPS) is 10.5. The molecule has 2 aromatic carbocycles. The Hall–Kier alpha value is -2.75. The van der Waals surface area contributed by atoms with Crippen LogP contribution >= 0.6 is 0 Å². The van der Waals surface area contributed by atoms with E-state index in [1.807, 2.05) is 48.5 Å². The van der Waals surface area contributed by atoms with E-state index in [1.165, 1.54) is 0 Å². The second-order valence-electron chi connectivity index (χ2n) is 4.66. The van der Waals surface area contributed by atoms with E-state index in [1.54, 1.807) is 18.0 Å². The highest BCUT2D eigenvalue weighted by Crippen LogP contribution is 2.25. The number of fused-ring (bicyclic) bond motifs is 1. The molecule has 0 aliphatic rings. The molecule has 21 heavy (non-hydrogen) atoms. The van der Waals surface area contributed by atoms with Gasteiger partial charge in [0.25, 0.3) is 0 Å². The second kappa shape index (κ2) is 5.71. The molecule has 0 aliphatic heterocycles. The van der Waals surface area contributed by atoms with Crippen molar-refractivity contribution in [3.05, 3.63) is 65.9 Å². The number of carbonyl (C=O) groups excluding carboxylic acids is 1. The van der Waals surface area contributed by atoms with Gasteiger partial charge in [0.05, 0.1) is 11.7 Å². The highest BCUT2D eigenvalue weighted by atomic mass is 16.6. The van der Waals surface area contributed by atoms with E-state index in [-0.39, 0.29) is 0 Å². The summed E-state index contributed by atoms with van der Waals surface area (Å²) in [6.45, 7) is 0.494. The summed E-state index contributed by atoms with van der Waals surface area (Å²) in [4.78, 5) is 16.3. The highest BCUT2D eigenvalue weighted by molar-refractivity contribution is 5.98. The number of hydrogen-bond acceptors (Lipinski definition) is 3. The lowest BCUT2D eigenvalue weighted by molar-refractivity contribution is 0.112. The maximum absolute atomic E-state index is 11.1. The lowest BCUT2D eigenvalue weighted by atomic mass is 10.2. The van der Waals surface area contributed by atoms with Gasteiger partial charge < -0.3 is 9.57 Å². The van der Waals surface area contributed by atoms with Gasteiger partial charge in [-0.2, -0.15) is 4.73 Å². The van der Waals surface area contributed by atoms with Crippen molar-refractivity contribution < 1.29 is 14.4 Å². The Morgan fingerprint density at radius 2 is 1.95 bits per heavy atom. The van der Waals surface area contributed by atoms with Crippen LogP contribution in [0.25, 0.3) is 10.9 Å². The van der Waals surface area contributed by atoms with Crippen LogP contribution in [0.15, 0.2) is 54.7 Å². The summed E-state index contributed by atoms with van der Waals surface area (Å²) in [5.41, 5.74) is 2.52. The third-order valence-electron chi connectivity index (χ3n) is 3.34. The van der Waals surface area contributed by atoms with E-state index in [0.717, 1.165) is 28.5 Å². The third kappa shape index (κ3) is 2.60. The van der Waals surface area contributed by atoms with Crippen LogP contribution in [0.1, 0.15) is 15.9 Å². The van der Waals surface area contributed by atoms with Crippen molar-refractivity contribution in [2.75, 3.05) is 7.11 Å². The summed E-state index contributed by atoms with van der Waals surface area (Å²) >= 11 is 0. The second-order valence-corrected chi connectivity index (χ2v) is 4.66. The third-order valence-corrected chi connectivity index (χ3v) is 3.34. The van der Waals surface area contributed by atoms with Crippen molar-refractivity contribution in [3.8, 4) is 5.75 Å². The van der Waals surface area contributed by atoms with Crippen LogP contribution < -0.4 is 9.57 Å². The molecule has 106 valence electrons. The largest absolute Gasteiger partial charge is 0.489 e. The van der Waals surface area contributed by atoms with Crippen LogP contribution in [-0.4, -0.2) is 18.1 Å². The van der Waals surface area contributed by atoms with Crippen LogP contribution in [0, 0.1) is 0 Å². The van der Waals surface area contributed by atoms with Crippen molar-refractivity contribution in [3.63, 3.8) is 0 Å². The molecule has 0 N–H and O–H groups in total. The zero-order valence-corrected chi connectivity index (χ0v) is 11.7. The van der Waals surface area contributed by atoms with E-state index >= 15 is 0 Å². The molecule has 3 aromatic rings. The minimum absolute atomic E-state index is 0.494. The van der Waals surface area contributed by atoms with Gasteiger partial charge in [-0.25, -0.2) is 0 Å². The molecule has 4 nitrogen and oxygen atoms in total. The van der Waals surface area contributed by atoms with Crippen LogP contribution in [0.4, 0.5) is 0 Å². The maximum Gasteiger partial charge on any atom is 0.152 e. The average molecular weight is 281 g/mol. The minimum atomic E-state index is 0.494. The Labute approximate surface area is 122 Å². The van der Waals surface area contributed by atoms with Crippen LogP contribution in [-0.2, 0) is 6.61 Å². The van der Waals surface area contributed by atoms with Gasteiger partial charge >= 0.3 is 0 Å². The van der Waals surface area contributed by atoms with E-state index in [2.05, 4.69) is 0 Å². The van der Waals surface area contributed by atoms with Crippen LogP contribution in [0.3, 0.4) is 0 Å². The molecule has 0 saturated heterocycles. The smallest absolute Gasteiger partial charge is 0.152 e. The first-order valence-electron chi connectivity index (χ1n) is 6.63. The molecule has 1 heterocycles. The van der Waals surface area contributed by atoms with Gasteiger partial charge in [-0.15, -0.1) is 0 Å². The summed E-state index contributed by atoms with van der Waals surface area (Å²) < 4.78 is 7.35. The maximum atomic E-state index is 11.1. The Morgan fingerprint density at radius 1 is 1.14 bits per heavy atom. The van der Waals surface area contributed by atoms with Gasteiger partial charge in [-0.05, 0) is 23.8 Å². The van der Waals surface area contributed by atoms with Crippen molar-refractivity contribution in [1.29, 1.82) is 0 Å². The van der Waals surface area contributed by atoms with E-state index in [4.69, 9.17) is 9.57 Å². The monoisotopic (exact) mass is 281 g/mol. The van der Waals surface area contributed by atoms with Gasteiger partial charge in [0, 0.05) is 10.9 Å². The fourth-order valence-corrected chi connectivity index (χ4v) is 2.28. The SMILES string of the molecule is COn1cc(C=O)c2cc(OCc3ccccc3)ccc21. The molecule has 0 bridgehead atoms. The average Bonchev–Trinajstić information content (AvgIpc) is 2.91. The standard InChI is InChI=1S/C17H15NO3/c1-20-18-10-14(11-19)16-9-15(7-8-17(16)18)21-12-13-5-3-2-4-6-13/h2-11H,12H2,1H3. The molecule has 0 saturated carbocycles. The van der Waals surface area contributed by atoms with Gasteiger partial charge in [-0.1, -0.05) is 30.3 Å². The molecule has 0 atom stereocenters. The topological polar surface area (TPSA) is 40.5 Å². The lowest BCUT2D eigenvalue weighted by Crippen LogP contribution is -2.02.